The van der Waals surface area contributed by atoms with Crippen molar-refractivity contribution < 1.29 is 4.79 Å². The van der Waals surface area contributed by atoms with E-state index in [9.17, 15) is 4.79 Å². The first-order chi connectivity index (χ1) is 8.60. The van der Waals surface area contributed by atoms with Crippen LogP contribution in [-0.2, 0) is 0 Å². The van der Waals surface area contributed by atoms with Crippen LogP contribution in [0.1, 0.15) is 50.5 Å². The summed E-state index contributed by atoms with van der Waals surface area (Å²) in [7, 11) is 1.76. The first kappa shape index (κ1) is 14.4. The van der Waals surface area contributed by atoms with E-state index in [0.717, 1.165) is 19.3 Å². The molecule has 0 radical (unpaired) electrons. The fourth-order valence-corrected chi connectivity index (χ4v) is 1.91. The molecule has 0 bridgehead atoms. The summed E-state index contributed by atoms with van der Waals surface area (Å²) in [6, 6.07) is 3.42. The van der Waals surface area contributed by atoms with Crippen molar-refractivity contribution in [3.05, 3.63) is 17.8 Å². The molecule has 0 aliphatic carbocycles. The minimum Gasteiger partial charge on any atom is -0.372 e. The monoisotopic (exact) mass is 250 g/mol. The summed E-state index contributed by atoms with van der Waals surface area (Å²) in [5, 5.41) is 13.8. The highest BCUT2D eigenvalue weighted by atomic mass is 16.2. The van der Waals surface area contributed by atoms with Crippen molar-refractivity contribution in [2.24, 2.45) is 0 Å². The number of carbonyl (C=O) groups excluding carboxylic acids is 1. The van der Waals surface area contributed by atoms with Crippen LogP contribution in [0, 0.1) is 0 Å². The second-order valence-corrected chi connectivity index (χ2v) is 4.35. The highest BCUT2D eigenvalue weighted by Crippen LogP contribution is 2.19. The topological polar surface area (TPSA) is 66.9 Å². The highest BCUT2D eigenvalue weighted by molar-refractivity contribution is 5.92. The molecule has 0 aliphatic rings. The predicted molar refractivity (Wildman–Crippen MR) is 72.6 cm³/mol. The fraction of sp³-hybridized carbons (Fsp3) is 0.615. The molecule has 5 nitrogen and oxygen atoms in total. The smallest absolute Gasteiger partial charge is 0.272 e. The van der Waals surface area contributed by atoms with Gasteiger partial charge in [-0.15, -0.1) is 10.2 Å². The predicted octanol–water partition coefficient (Wildman–Crippen LogP) is 2.22. The van der Waals surface area contributed by atoms with Gasteiger partial charge in [0.15, 0.2) is 5.69 Å². The molecular weight excluding hydrogens is 228 g/mol. The van der Waals surface area contributed by atoms with Crippen LogP contribution >= 0.6 is 0 Å². The molecule has 0 aliphatic heterocycles. The molecule has 1 aromatic heterocycles. The Morgan fingerprint density at radius 3 is 2.17 bits per heavy atom. The molecule has 0 fully saturated rings. The summed E-state index contributed by atoms with van der Waals surface area (Å²) in [6.45, 7) is 6.26. The molecule has 1 rings (SSSR count). The Morgan fingerprint density at radius 2 is 1.78 bits per heavy atom. The number of rotatable bonds is 6. The zero-order valence-corrected chi connectivity index (χ0v) is 11.6. The lowest BCUT2D eigenvalue weighted by Crippen LogP contribution is -2.47. The maximum atomic E-state index is 12.1. The molecule has 0 unspecified atom stereocenters. The average Bonchev–Trinajstić information content (AvgIpc) is 2.45. The Morgan fingerprint density at radius 1 is 1.17 bits per heavy atom. The van der Waals surface area contributed by atoms with Gasteiger partial charge in [-0.2, -0.15) is 0 Å². The second-order valence-electron chi connectivity index (χ2n) is 4.35. The maximum absolute atomic E-state index is 12.1. The van der Waals surface area contributed by atoms with E-state index in [1.807, 2.05) is 0 Å². The third-order valence-corrected chi connectivity index (χ3v) is 3.56. The van der Waals surface area contributed by atoms with Crippen molar-refractivity contribution in [2.45, 2.75) is 45.6 Å². The minimum absolute atomic E-state index is 0.138. The van der Waals surface area contributed by atoms with E-state index >= 15 is 0 Å². The van der Waals surface area contributed by atoms with Gasteiger partial charge in [-0.05, 0) is 31.4 Å². The molecular formula is C13H22N4O. The standard InChI is InChI=1S/C13H22N4O/c1-5-13(6-2,7-3)15-12(18)10-8-9-11(14-4)17-16-10/h8-9H,5-7H2,1-4H3,(H,14,17)(H,15,18). The Labute approximate surface area is 108 Å². The molecule has 0 spiro atoms. The lowest BCUT2D eigenvalue weighted by atomic mass is 9.89. The van der Waals surface area contributed by atoms with Crippen molar-refractivity contribution in [3.8, 4) is 0 Å². The van der Waals surface area contributed by atoms with E-state index < -0.39 is 0 Å². The van der Waals surface area contributed by atoms with Gasteiger partial charge >= 0.3 is 0 Å². The summed E-state index contributed by atoms with van der Waals surface area (Å²) >= 11 is 0. The van der Waals surface area contributed by atoms with Crippen LogP contribution < -0.4 is 10.6 Å². The van der Waals surface area contributed by atoms with Crippen molar-refractivity contribution >= 4 is 11.7 Å². The minimum atomic E-state index is -0.157. The molecule has 100 valence electrons. The van der Waals surface area contributed by atoms with Gasteiger partial charge < -0.3 is 10.6 Å². The summed E-state index contributed by atoms with van der Waals surface area (Å²) in [5.74, 6) is 0.495. The SMILES string of the molecule is CCC(CC)(CC)NC(=O)c1ccc(NC)nn1. The van der Waals surface area contributed by atoms with E-state index in [0.29, 0.717) is 11.5 Å². The molecule has 0 saturated carbocycles. The Bertz CT molecular complexity index is 376. The lowest BCUT2D eigenvalue weighted by molar-refractivity contribution is 0.0882. The number of aromatic nitrogens is 2. The van der Waals surface area contributed by atoms with Crippen LogP contribution in [0.25, 0.3) is 0 Å². The van der Waals surface area contributed by atoms with Gasteiger partial charge in [0.1, 0.15) is 5.82 Å². The third-order valence-electron chi connectivity index (χ3n) is 3.56. The fourth-order valence-electron chi connectivity index (χ4n) is 1.91. The van der Waals surface area contributed by atoms with Crippen molar-refractivity contribution in [2.75, 3.05) is 12.4 Å². The molecule has 0 atom stereocenters. The van der Waals surface area contributed by atoms with Crippen molar-refractivity contribution in [3.63, 3.8) is 0 Å². The number of hydrogen-bond donors (Lipinski definition) is 2. The third kappa shape index (κ3) is 3.18. The van der Waals surface area contributed by atoms with Crippen LogP contribution in [0.2, 0.25) is 0 Å². The van der Waals surface area contributed by atoms with Crippen molar-refractivity contribution in [1.82, 2.24) is 15.5 Å². The van der Waals surface area contributed by atoms with Crippen LogP contribution in [0.15, 0.2) is 12.1 Å². The molecule has 1 heterocycles. The first-order valence-corrected chi connectivity index (χ1v) is 6.44. The number of nitrogens with one attached hydrogen (secondary N) is 2. The molecule has 5 heteroatoms. The first-order valence-electron chi connectivity index (χ1n) is 6.44. The number of hydrogen-bond acceptors (Lipinski definition) is 4. The Balaban J connectivity index is 2.80. The molecule has 0 aromatic carbocycles. The molecule has 18 heavy (non-hydrogen) atoms. The van der Waals surface area contributed by atoms with Crippen LogP contribution in [0.5, 0.6) is 0 Å². The summed E-state index contributed by atoms with van der Waals surface area (Å²) in [4.78, 5) is 12.1. The zero-order chi connectivity index (χ0) is 13.6. The van der Waals surface area contributed by atoms with Gasteiger partial charge in [0.2, 0.25) is 0 Å². The van der Waals surface area contributed by atoms with Crippen molar-refractivity contribution in [1.29, 1.82) is 0 Å². The number of nitrogens with zero attached hydrogens (tertiary/aromatic N) is 2. The van der Waals surface area contributed by atoms with E-state index in [1.165, 1.54) is 0 Å². The summed E-state index contributed by atoms with van der Waals surface area (Å²) in [6.07, 6.45) is 2.73. The van der Waals surface area contributed by atoms with Crippen LogP contribution in [0.3, 0.4) is 0 Å². The van der Waals surface area contributed by atoms with Gasteiger partial charge in [-0.1, -0.05) is 20.8 Å². The maximum Gasteiger partial charge on any atom is 0.272 e. The average molecular weight is 250 g/mol. The quantitative estimate of drug-likeness (QED) is 0.812. The lowest BCUT2D eigenvalue weighted by Gasteiger charge is -2.31. The highest BCUT2D eigenvalue weighted by Gasteiger charge is 2.26. The van der Waals surface area contributed by atoms with E-state index in [2.05, 4.69) is 41.6 Å². The van der Waals surface area contributed by atoms with Gasteiger partial charge in [0.05, 0.1) is 0 Å². The molecule has 0 saturated heterocycles. The summed E-state index contributed by atoms with van der Waals surface area (Å²) < 4.78 is 0. The van der Waals surface area contributed by atoms with E-state index in [-0.39, 0.29) is 11.4 Å². The van der Waals surface area contributed by atoms with Crippen LogP contribution in [-0.4, -0.2) is 28.7 Å². The number of anilines is 1. The Kier molecular flexibility index (Phi) is 5.07. The Hall–Kier alpha value is -1.65. The summed E-state index contributed by atoms with van der Waals surface area (Å²) in [5.41, 5.74) is 0.217. The molecule has 1 aromatic rings. The van der Waals surface area contributed by atoms with Gasteiger partial charge in [-0.25, -0.2) is 0 Å². The van der Waals surface area contributed by atoms with E-state index in [4.69, 9.17) is 0 Å². The molecule has 1 amide bonds. The van der Waals surface area contributed by atoms with Gasteiger partial charge in [0.25, 0.3) is 5.91 Å². The van der Waals surface area contributed by atoms with Gasteiger partial charge in [0, 0.05) is 12.6 Å². The van der Waals surface area contributed by atoms with Crippen LogP contribution in [0.4, 0.5) is 5.82 Å². The zero-order valence-electron chi connectivity index (χ0n) is 11.6. The van der Waals surface area contributed by atoms with Gasteiger partial charge in [-0.3, -0.25) is 4.79 Å². The normalized spacial score (nSPS) is 11.1. The molecule has 2 N–H and O–H groups in total. The number of carbonyl (C=O) groups is 1. The second kappa shape index (κ2) is 6.33. The number of amides is 1. The largest absolute Gasteiger partial charge is 0.372 e. The van der Waals surface area contributed by atoms with E-state index in [1.54, 1.807) is 19.2 Å².